The van der Waals surface area contributed by atoms with Crippen molar-refractivity contribution in [1.29, 1.82) is 0 Å². The van der Waals surface area contributed by atoms with E-state index in [1.165, 1.54) is 0 Å². The largest absolute Gasteiger partial charge is 0.496 e. The molecule has 19 heavy (non-hydrogen) atoms. The van der Waals surface area contributed by atoms with E-state index < -0.39 is 0 Å². The Morgan fingerprint density at radius 2 is 2.26 bits per heavy atom. The molecule has 0 spiro atoms. The minimum Gasteiger partial charge on any atom is -0.496 e. The number of amides is 1. The first-order valence-corrected chi connectivity index (χ1v) is 6.71. The molecule has 0 aromatic heterocycles. The zero-order chi connectivity index (χ0) is 14.3. The smallest absolute Gasteiger partial charge is 0.251 e. The summed E-state index contributed by atoms with van der Waals surface area (Å²) < 4.78 is 5.27. The number of rotatable bonds is 7. The van der Waals surface area contributed by atoms with Crippen molar-refractivity contribution in [3.8, 4) is 5.75 Å². The van der Waals surface area contributed by atoms with E-state index in [9.17, 15) is 4.79 Å². The van der Waals surface area contributed by atoms with Crippen molar-refractivity contribution in [2.24, 2.45) is 0 Å². The lowest BCUT2D eigenvalue weighted by molar-refractivity contribution is 0.0938. The lowest BCUT2D eigenvalue weighted by Gasteiger charge is -2.14. The van der Waals surface area contributed by atoms with Gasteiger partial charge in [0, 0.05) is 11.6 Å². The summed E-state index contributed by atoms with van der Waals surface area (Å²) in [7, 11) is 1.63. The molecule has 0 aliphatic heterocycles. The van der Waals surface area contributed by atoms with Gasteiger partial charge in [-0.1, -0.05) is 19.4 Å². The molecule has 3 heteroatoms. The first-order valence-electron chi connectivity index (χ1n) is 6.71. The van der Waals surface area contributed by atoms with Crippen molar-refractivity contribution >= 4 is 5.91 Å². The molecule has 0 saturated carbocycles. The molecule has 3 nitrogen and oxygen atoms in total. The Hall–Kier alpha value is -1.77. The molecule has 0 fully saturated rings. The zero-order valence-corrected chi connectivity index (χ0v) is 12.0. The number of methoxy groups -OCH3 is 1. The van der Waals surface area contributed by atoms with Crippen molar-refractivity contribution in [2.45, 2.75) is 39.2 Å². The highest BCUT2D eigenvalue weighted by Crippen LogP contribution is 2.20. The number of carbonyl (C=O) groups excluding carboxylic acids is 1. The lowest BCUT2D eigenvalue weighted by Crippen LogP contribution is -2.32. The monoisotopic (exact) mass is 261 g/mol. The summed E-state index contributed by atoms with van der Waals surface area (Å²) in [6.07, 6.45) is 4.54. The summed E-state index contributed by atoms with van der Waals surface area (Å²) >= 11 is 0. The summed E-state index contributed by atoms with van der Waals surface area (Å²) in [5, 5.41) is 3.00. The SMILES string of the molecule is C=CCc1cc(C(=O)N[C@@H](C)CCC)ccc1OC. The molecule has 0 aliphatic rings. The Morgan fingerprint density at radius 1 is 1.53 bits per heavy atom. The fourth-order valence-corrected chi connectivity index (χ4v) is 2.05. The second kappa shape index (κ2) is 7.62. The van der Waals surface area contributed by atoms with Crippen LogP contribution < -0.4 is 10.1 Å². The number of ether oxygens (including phenoxy) is 1. The number of hydrogen-bond acceptors (Lipinski definition) is 2. The van der Waals surface area contributed by atoms with E-state index in [2.05, 4.69) is 18.8 Å². The molecule has 1 atom stereocenters. The van der Waals surface area contributed by atoms with Gasteiger partial charge in [-0.25, -0.2) is 0 Å². The highest BCUT2D eigenvalue weighted by molar-refractivity contribution is 5.94. The normalized spacial score (nSPS) is 11.7. The molecule has 0 aliphatic carbocycles. The van der Waals surface area contributed by atoms with Gasteiger partial charge < -0.3 is 10.1 Å². The molecule has 1 N–H and O–H groups in total. The van der Waals surface area contributed by atoms with Gasteiger partial charge in [0.15, 0.2) is 0 Å². The van der Waals surface area contributed by atoms with Gasteiger partial charge in [0.25, 0.3) is 5.91 Å². The van der Waals surface area contributed by atoms with Gasteiger partial charge in [0.2, 0.25) is 0 Å². The predicted octanol–water partition coefficient (Wildman–Crippen LogP) is 3.34. The quantitative estimate of drug-likeness (QED) is 0.764. The lowest BCUT2D eigenvalue weighted by atomic mass is 10.1. The first-order chi connectivity index (χ1) is 9.12. The second-order valence-corrected chi connectivity index (χ2v) is 4.68. The fourth-order valence-electron chi connectivity index (χ4n) is 2.05. The highest BCUT2D eigenvalue weighted by Gasteiger charge is 2.11. The van der Waals surface area contributed by atoms with Crippen LogP contribution in [0.25, 0.3) is 0 Å². The van der Waals surface area contributed by atoms with Gasteiger partial charge in [-0.05, 0) is 43.5 Å². The third-order valence-electron chi connectivity index (χ3n) is 3.01. The molecule has 0 saturated heterocycles. The summed E-state index contributed by atoms with van der Waals surface area (Å²) in [4.78, 5) is 12.1. The van der Waals surface area contributed by atoms with Crippen molar-refractivity contribution in [3.63, 3.8) is 0 Å². The van der Waals surface area contributed by atoms with Gasteiger partial charge in [0.1, 0.15) is 5.75 Å². The van der Waals surface area contributed by atoms with Crippen LogP contribution in [0.15, 0.2) is 30.9 Å². The van der Waals surface area contributed by atoms with Crippen LogP contribution in [0.3, 0.4) is 0 Å². The molecule has 0 unspecified atom stereocenters. The molecule has 1 aromatic carbocycles. The number of hydrogen-bond donors (Lipinski definition) is 1. The summed E-state index contributed by atoms with van der Waals surface area (Å²) in [6, 6.07) is 5.69. The van der Waals surface area contributed by atoms with Crippen molar-refractivity contribution in [3.05, 3.63) is 42.0 Å². The molecule has 1 amide bonds. The number of benzene rings is 1. The molecule has 0 heterocycles. The minimum atomic E-state index is -0.0334. The van der Waals surface area contributed by atoms with Crippen LogP contribution in [-0.2, 0) is 6.42 Å². The standard InChI is InChI=1S/C16H23NO2/c1-5-7-12(3)17-16(18)14-9-10-15(19-4)13(11-14)8-6-2/h6,9-12H,2,5,7-8H2,1,3-4H3,(H,17,18)/t12-/m0/s1. The Balaban J connectivity index is 2.85. The summed E-state index contributed by atoms with van der Waals surface area (Å²) in [6.45, 7) is 7.86. The van der Waals surface area contributed by atoms with Crippen LogP contribution in [-0.4, -0.2) is 19.1 Å². The summed E-state index contributed by atoms with van der Waals surface area (Å²) in [5.74, 6) is 0.756. The van der Waals surface area contributed by atoms with Crippen molar-refractivity contribution in [1.82, 2.24) is 5.32 Å². The van der Waals surface area contributed by atoms with E-state index in [1.54, 1.807) is 19.3 Å². The molecular weight excluding hydrogens is 238 g/mol. The Bertz CT molecular complexity index is 440. The van der Waals surface area contributed by atoms with E-state index in [4.69, 9.17) is 4.74 Å². The Kier molecular flexibility index (Phi) is 6.13. The number of allylic oxidation sites excluding steroid dienone is 1. The molecule has 1 rings (SSSR count). The van der Waals surface area contributed by atoms with Gasteiger partial charge in [-0.15, -0.1) is 6.58 Å². The molecule has 1 aromatic rings. The van der Waals surface area contributed by atoms with Crippen molar-refractivity contribution in [2.75, 3.05) is 7.11 Å². The van der Waals surface area contributed by atoms with E-state index in [0.717, 1.165) is 24.2 Å². The highest BCUT2D eigenvalue weighted by atomic mass is 16.5. The summed E-state index contributed by atoms with van der Waals surface area (Å²) in [5.41, 5.74) is 1.65. The van der Waals surface area contributed by atoms with Gasteiger partial charge >= 0.3 is 0 Å². The van der Waals surface area contributed by atoms with Crippen LogP contribution in [0.2, 0.25) is 0 Å². The maximum atomic E-state index is 12.1. The van der Waals surface area contributed by atoms with Crippen LogP contribution in [0.5, 0.6) is 5.75 Å². The predicted molar refractivity (Wildman–Crippen MR) is 78.7 cm³/mol. The molecule has 0 radical (unpaired) electrons. The van der Waals surface area contributed by atoms with Gasteiger partial charge in [-0.3, -0.25) is 4.79 Å². The molecular formula is C16H23NO2. The third kappa shape index (κ3) is 4.43. The number of carbonyl (C=O) groups is 1. The van der Waals surface area contributed by atoms with Gasteiger partial charge in [-0.2, -0.15) is 0 Å². The second-order valence-electron chi connectivity index (χ2n) is 4.68. The van der Waals surface area contributed by atoms with Crippen LogP contribution in [0.4, 0.5) is 0 Å². The van der Waals surface area contributed by atoms with Crippen LogP contribution in [0.1, 0.15) is 42.6 Å². The van der Waals surface area contributed by atoms with E-state index >= 15 is 0 Å². The minimum absolute atomic E-state index is 0.0334. The fraction of sp³-hybridized carbons (Fsp3) is 0.438. The Morgan fingerprint density at radius 3 is 2.84 bits per heavy atom. The third-order valence-corrected chi connectivity index (χ3v) is 3.01. The number of nitrogens with one attached hydrogen (secondary N) is 1. The Labute approximate surface area is 115 Å². The molecule has 0 bridgehead atoms. The van der Waals surface area contributed by atoms with Crippen molar-refractivity contribution < 1.29 is 9.53 Å². The maximum absolute atomic E-state index is 12.1. The van der Waals surface area contributed by atoms with Crippen LogP contribution in [0, 0.1) is 0 Å². The van der Waals surface area contributed by atoms with E-state index in [0.29, 0.717) is 12.0 Å². The zero-order valence-electron chi connectivity index (χ0n) is 12.0. The average Bonchev–Trinajstić information content (AvgIpc) is 2.39. The molecule has 104 valence electrons. The van der Waals surface area contributed by atoms with E-state index in [-0.39, 0.29) is 11.9 Å². The van der Waals surface area contributed by atoms with Gasteiger partial charge in [0.05, 0.1) is 7.11 Å². The topological polar surface area (TPSA) is 38.3 Å². The first kappa shape index (κ1) is 15.3. The van der Waals surface area contributed by atoms with Crippen LogP contribution >= 0.6 is 0 Å². The maximum Gasteiger partial charge on any atom is 0.251 e. The average molecular weight is 261 g/mol. The van der Waals surface area contributed by atoms with E-state index in [1.807, 2.05) is 19.1 Å².